The Morgan fingerprint density at radius 1 is 1.36 bits per heavy atom. The average Bonchev–Trinajstić information content (AvgIpc) is 2.01. The highest BCUT2D eigenvalue weighted by molar-refractivity contribution is 14.1. The van der Waals surface area contributed by atoms with Gasteiger partial charge in [0.1, 0.15) is 0 Å². The number of carbonyl (C=O) groups is 2. The van der Waals surface area contributed by atoms with Gasteiger partial charge in [-0.25, -0.2) is 0 Å². The van der Waals surface area contributed by atoms with Crippen LogP contribution in [0.3, 0.4) is 0 Å². The summed E-state index contributed by atoms with van der Waals surface area (Å²) in [6.07, 6.45) is 0. The number of nitrogens with one attached hydrogen (secondary N) is 1. The van der Waals surface area contributed by atoms with Crippen molar-refractivity contribution in [1.29, 1.82) is 0 Å². The van der Waals surface area contributed by atoms with E-state index in [0.717, 1.165) is 3.57 Å². The van der Waals surface area contributed by atoms with E-state index in [0.29, 0.717) is 5.69 Å². The van der Waals surface area contributed by atoms with Gasteiger partial charge in [-0.15, -0.1) is 0 Å². The Balaban J connectivity index is 3.07. The first-order valence-electron chi connectivity index (χ1n) is 3.78. The monoisotopic (exact) mass is 304 g/mol. The molecule has 0 spiro atoms. The molecule has 1 aromatic carbocycles. The topological polar surface area (TPSA) is 69.2 Å². The number of rotatable bonds is 2. The van der Waals surface area contributed by atoms with Gasteiger partial charge in [-0.05, 0) is 40.8 Å². The van der Waals surface area contributed by atoms with Gasteiger partial charge in [0.15, 0.2) is 0 Å². The van der Waals surface area contributed by atoms with E-state index in [9.17, 15) is 14.7 Å². The predicted octanol–water partition coefficient (Wildman–Crippen LogP) is 0.613. The maximum Gasteiger partial charge on any atom is 0.221 e. The Bertz CT molecular complexity index is 390. The molecule has 0 bridgehead atoms. The van der Waals surface area contributed by atoms with Crippen LogP contribution in [-0.2, 0) is 4.79 Å². The molecule has 14 heavy (non-hydrogen) atoms. The molecule has 5 heteroatoms. The number of aromatic carboxylic acids is 1. The zero-order chi connectivity index (χ0) is 10.7. The molecule has 0 unspecified atom stereocenters. The number of carbonyl (C=O) groups excluding carboxylic acids is 2. The molecule has 1 rings (SSSR count). The van der Waals surface area contributed by atoms with E-state index in [1.807, 2.05) is 22.6 Å². The lowest BCUT2D eigenvalue weighted by atomic mass is 10.2. The third-order valence-electron chi connectivity index (χ3n) is 1.45. The minimum absolute atomic E-state index is 0.0562. The molecule has 0 fully saturated rings. The van der Waals surface area contributed by atoms with Crippen molar-refractivity contribution in [2.75, 3.05) is 5.32 Å². The average molecular weight is 304 g/mol. The van der Waals surface area contributed by atoms with Crippen molar-refractivity contribution in [2.24, 2.45) is 0 Å². The van der Waals surface area contributed by atoms with E-state index in [4.69, 9.17) is 0 Å². The molecule has 0 saturated carbocycles. The smallest absolute Gasteiger partial charge is 0.221 e. The van der Waals surface area contributed by atoms with E-state index in [-0.39, 0.29) is 11.5 Å². The number of carboxylic acid groups (broad SMARTS) is 1. The second-order valence-corrected chi connectivity index (χ2v) is 3.94. The lowest BCUT2D eigenvalue weighted by Crippen LogP contribution is -2.22. The molecule has 1 amide bonds. The van der Waals surface area contributed by atoms with Gasteiger partial charge in [0.25, 0.3) is 0 Å². The molecule has 0 aliphatic carbocycles. The van der Waals surface area contributed by atoms with Crippen molar-refractivity contribution >= 4 is 40.2 Å². The minimum atomic E-state index is -1.25. The fourth-order valence-electron chi connectivity index (χ4n) is 0.983. The second-order valence-electron chi connectivity index (χ2n) is 2.70. The highest BCUT2D eigenvalue weighted by Crippen LogP contribution is 2.16. The van der Waals surface area contributed by atoms with E-state index < -0.39 is 5.97 Å². The molecule has 0 heterocycles. The summed E-state index contributed by atoms with van der Waals surface area (Å²) in [5.74, 6) is -1.49. The molecule has 0 radical (unpaired) electrons. The van der Waals surface area contributed by atoms with Gasteiger partial charge in [-0.2, -0.15) is 0 Å². The Labute approximate surface area is 94.5 Å². The molecule has 4 nitrogen and oxygen atoms in total. The number of halogens is 1. The first-order chi connectivity index (χ1) is 6.49. The Morgan fingerprint density at radius 2 is 2.00 bits per heavy atom. The highest BCUT2D eigenvalue weighted by Gasteiger charge is 2.01. The van der Waals surface area contributed by atoms with Crippen LogP contribution in [0.2, 0.25) is 0 Å². The first kappa shape index (κ1) is 11.0. The summed E-state index contributed by atoms with van der Waals surface area (Å²) < 4.78 is 0.730. The van der Waals surface area contributed by atoms with Crippen LogP contribution < -0.4 is 10.4 Å². The summed E-state index contributed by atoms with van der Waals surface area (Å²) in [5, 5.41) is 13.1. The SMILES string of the molecule is CC(=O)Nc1cc(I)cc(C(=O)[O-])c1. The van der Waals surface area contributed by atoms with Gasteiger partial charge in [0.05, 0.1) is 5.97 Å². The van der Waals surface area contributed by atoms with Crippen molar-refractivity contribution in [1.82, 2.24) is 0 Å². The van der Waals surface area contributed by atoms with Crippen LogP contribution in [0.15, 0.2) is 18.2 Å². The van der Waals surface area contributed by atoms with Crippen LogP contribution >= 0.6 is 22.6 Å². The Kier molecular flexibility index (Phi) is 3.45. The van der Waals surface area contributed by atoms with Gasteiger partial charge in [0.2, 0.25) is 5.91 Å². The van der Waals surface area contributed by atoms with Crippen LogP contribution in [-0.4, -0.2) is 11.9 Å². The van der Waals surface area contributed by atoms with Crippen LogP contribution in [0.25, 0.3) is 0 Å². The maximum atomic E-state index is 10.7. The highest BCUT2D eigenvalue weighted by atomic mass is 127. The standard InChI is InChI=1S/C9H8INO3/c1-5(12)11-8-3-6(9(13)14)2-7(10)4-8/h2-4H,1H3,(H,11,12)(H,13,14)/p-1. The second kappa shape index (κ2) is 4.41. The number of amides is 1. The molecular formula is C9H7INO3-. The molecule has 0 saturated heterocycles. The third-order valence-corrected chi connectivity index (χ3v) is 2.08. The van der Waals surface area contributed by atoms with Gasteiger partial charge < -0.3 is 15.2 Å². The zero-order valence-electron chi connectivity index (χ0n) is 7.33. The lowest BCUT2D eigenvalue weighted by molar-refractivity contribution is -0.255. The van der Waals surface area contributed by atoms with E-state index in [2.05, 4.69) is 5.32 Å². The molecule has 0 atom stereocenters. The minimum Gasteiger partial charge on any atom is -0.545 e. The van der Waals surface area contributed by atoms with Gasteiger partial charge in [-0.1, -0.05) is 0 Å². The summed E-state index contributed by atoms with van der Waals surface area (Å²) in [7, 11) is 0. The molecule has 0 aliphatic rings. The van der Waals surface area contributed by atoms with Gasteiger partial charge in [0, 0.05) is 21.7 Å². The Hall–Kier alpha value is -1.11. The summed E-state index contributed by atoms with van der Waals surface area (Å²) >= 11 is 1.97. The normalized spacial score (nSPS) is 9.57. The largest absolute Gasteiger partial charge is 0.545 e. The fraction of sp³-hybridized carbons (Fsp3) is 0.111. The fourth-order valence-corrected chi connectivity index (χ4v) is 1.65. The zero-order valence-corrected chi connectivity index (χ0v) is 9.49. The number of benzene rings is 1. The van der Waals surface area contributed by atoms with Crippen molar-refractivity contribution in [3.8, 4) is 0 Å². The van der Waals surface area contributed by atoms with E-state index >= 15 is 0 Å². The number of carboxylic acids is 1. The van der Waals surface area contributed by atoms with Crippen molar-refractivity contribution in [3.63, 3.8) is 0 Å². The molecule has 0 aliphatic heterocycles. The summed E-state index contributed by atoms with van der Waals surface area (Å²) in [5.41, 5.74) is 0.518. The molecule has 1 N–H and O–H groups in total. The van der Waals surface area contributed by atoms with Crippen LogP contribution in [0.1, 0.15) is 17.3 Å². The lowest BCUT2D eigenvalue weighted by Gasteiger charge is -2.07. The van der Waals surface area contributed by atoms with Gasteiger partial charge >= 0.3 is 0 Å². The summed E-state index contributed by atoms with van der Waals surface area (Å²) in [4.78, 5) is 21.3. The van der Waals surface area contributed by atoms with Crippen LogP contribution in [0.4, 0.5) is 5.69 Å². The first-order valence-corrected chi connectivity index (χ1v) is 4.86. The number of hydrogen-bond acceptors (Lipinski definition) is 3. The quantitative estimate of drug-likeness (QED) is 0.814. The van der Waals surface area contributed by atoms with E-state index in [1.54, 1.807) is 6.07 Å². The summed E-state index contributed by atoms with van der Waals surface area (Å²) in [6.45, 7) is 1.36. The molecular weight excluding hydrogens is 297 g/mol. The van der Waals surface area contributed by atoms with E-state index in [1.165, 1.54) is 19.1 Å². The summed E-state index contributed by atoms with van der Waals surface area (Å²) in [6, 6.07) is 4.51. The maximum absolute atomic E-state index is 10.7. The predicted molar refractivity (Wildman–Crippen MR) is 57.8 cm³/mol. The number of hydrogen-bond donors (Lipinski definition) is 1. The number of anilines is 1. The van der Waals surface area contributed by atoms with Crippen LogP contribution in [0, 0.1) is 3.57 Å². The molecule has 74 valence electrons. The molecule has 0 aromatic heterocycles. The third kappa shape index (κ3) is 2.99. The molecule has 1 aromatic rings. The Morgan fingerprint density at radius 3 is 2.50 bits per heavy atom. The van der Waals surface area contributed by atoms with Crippen LogP contribution in [0.5, 0.6) is 0 Å². The van der Waals surface area contributed by atoms with Crippen molar-refractivity contribution < 1.29 is 14.7 Å². The van der Waals surface area contributed by atoms with Crippen molar-refractivity contribution in [2.45, 2.75) is 6.92 Å². The van der Waals surface area contributed by atoms with Crippen molar-refractivity contribution in [3.05, 3.63) is 27.3 Å². The van der Waals surface area contributed by atoms with Gasteiger partial charge in [-0.3, -0.25) is 4.79 Å².